The predicted octanol–water partition coefficient (Wildman–Crippen LogP) is 4.66. The number of likely N-dealkylation sites (N-methyl/N-ethyl adjacent to an activating group) is 1. The Kier molecular flexibility index (Phi) is 5.88. The topological polar surface area (TPSA) is 12.0 Å². The molecule has 0 spiro atoms. The maximum Gasteiger partial charge on any atom is 0.126 e. The third-order valence-corrected chi connectivity index (χ3v) is 4.11. The first-order valence-electron chi connectivity index (χ1n) is 7.00. The second-order valence-electron chi connectivity index (χ2n) is 5.01. The summed E-state index contributed by atoms with van der Waals surface area (Å²) in [5.74, 6) is -0.902. The zero-order valence-electron chi connectivity index (χ0n) is 11.9. The van der Waals surface area contributed by atoms with E-state index in [1.54, 1.807) is 0 Å². The molecule has 0 heterocycles. The van der Waals surface area contributed by atoms with Gasteiger partial charge in [-0.3, -0.25) is 0 Å². The van der Waals surface area contributed by atoms with E-state index in [1.165, 1.54) is 12.1 Å². The summed E-state index contributed by atoms with van der Waals surface area (Å²) in [4.78, 5) is 0. The molecular weight excluding hydrogens is 336 g/mol. The van der Waals surface area contributed by atoms with E-state index in [9.17, 15) is 8.78 Å². The van der Waals surface area contributed by atoms with Crippen LogP contribution in [0.1, 0.15) is 24.0 Å². The van der Waals surface area contributed by atoms with Crippen molar-refractivity contribution < 1.29 is 8.78 Å². The molecule has 2 aromatic carbocycles. The van der Waals surface area contributed by atoms with Crippen LogP contribution < -0.4 is 5.32 Å². The van der Waals surface area contributed by atoms with Gasteiger partial charge in [-0.25, -0.2) is 8.78 Å². The smallest absolute Gasteiger partial charge is 0.126 e. The highest BCUT2D eigenvalue weighted by atomic mass is 79.9. The second-order valence-corrected chi connectivity index (χ2v) is 5.86. The Labute approximate surface area is 132 Å². The molecule has 21 heavy (non-hydrogen) atoms. The van der Waals surface area contributed by atoms with Crippen LogP contribution in [0.3, 0.4) is 0 Å². The first-order valence-corrected chi connectivity index (χ1v) is 7.79. The van der Waals surface area contributed by atoms with Crippen LogP contribution >= 0.6 is 15.9 Å². The minimum atomic E-state index is -0.528. The molecule has 0 saturated carbocycles. The summed E-state index contributed by atoms with van der Waals surface area (Å²) in [6, 6.07) is 11.7. The zero-order valence-corrected chi connectivity index (χ0v) is 13.5. The summed E-state index contributed by atoms with van der Waals surface area (Å²) in [5, 5.41) is 3.32. The lowest BCUT2D eigenvalue weighted by Gasteiger charge is -2.19. The van der Waals surface area contributed by atoms with Crippen molar-refractivity contribution >= 4 is 15.9 Å². The van der Waals surface area contributed by atoms with Crippen molar-refractivity contribution in [3.05, 3.63) is 69.7 Å². The van der Waals surface area contributed by atoms with Crippen LogP contribution in [0, 0.1) is 11.6 Å². The first kappa shape index (κ1) is 16.1. The third-order valence-electron chi connectivity index (χ3n) is 3.39. The second kappa shape index (κ2) is 7.66. The molecule has 1 unspecified atom stereocenters. The molecule has 1 nitrogen and oxygen atoms in total. The molecule has 0 saturated heterocycles. The number of nitrogens with one attached hydrogen (secondary N) is 1. The fraction of sp³-hybridized carbons (Fsp3) is 0.294. The number of hydrogen-bond acceptors (Lipinski definition) is 1. The van der Waals surface area contributed by atoms with Crippen molar-refractivity contribution in [2.24, 2.45) is 0 Å². The van der Waals surface area contributed by atoms with Crippen LogP contribution in [0.15, 0.2) is 46.9 Å². The fourth-order valence-corrected chi connectivity index (χ4v) is 3.04. The molecule has 112 valence electrons. The molecular formula is C17H18BrF2N. The molecule has 4 heteroatoms. The summed E-state index contributed by atoms with van der Waals surface area (Å²) < 4.78 is 27.7. The summed E-state index contributed by atoms with van der Waals surface area (Å²) in [6.45, 7) is 3.66. The lowest BCUT2D eigenvalue weighted by atomic mass is 9.91. The Bertz CT molecular complexity index is 581. The lowest BCUT2D eigenvalue weighted by molar-refractivity contribution is 0.565. The van der Waals surface area contributed by atoms with Crippen molar-refractivity contribution in [1.29, 1.82) is 0 Å². The van der Waals surface area contributed by atoms with Crippen LogP contribution in [0.5, 0.6) is 0 Å². The molecule has 0 fully saturated rings. The molecule has 2 rings (SSSR count). The maximum absolute atomic E-state index is 13.3. The van der Waals surface area contributed by atoms with E-state index in [-0.39, 0.29) is 5.92 Å². The normalized spacial score (nSPS) is 12.4. The van der Waals surface area contributed by atoms with Crippen molar-refractivity contribution in [2.75, 3.05) is 13.1 Å². The molecule has 0 aliphatic carbocycles. The van der Waals surface area contributed by atoms with Gasteiger partial charge in [-0.05, 0) is 42.3 Å². The van der Waals surface area contributed by atoms with Gasteiger partial charge in [0, 0.05) is 23.0 Å². The monoisotopic (exact) mass is 353 g/mol. The highest BCUT2D eigenvalue weighted by Gasteiger charge is 2.15. The van der Waals surface area contributed by atoms with Gasteiger partial charge < -0.3 is 5.32 Å². The highest BCUT2D eigenvalue weighted by molar-refractivity contribution is 9.10. The SMILES string of the molecule is CCNCC(Cc1cc(F)cc(F)c1)c1ccccc1Br. The molecule has 0 radical (unpaired) electrons. The average molecular weight is 354 g/mol. The molecule has 0 aliphatic rings. The van der Waals surface area contributed by atoms with Crippen LogP contribution in [0.2, 0.25) is 0 Å². The molecule has 2 aromatic rings. The highest BCUT2D eigenvalue weighted by Crippen LogP contribution is 2.28. The fourth-order valence-electron chi connectivity index (χ4n) is 2.43. The van der Waals surface area contributed by atoms with Gasteiger partial charge >= 0.3 is 0 Å². The van der Waals surface area contributed by atoms with Gasteiger partial charge in [-0.15, -0.1) is 0 Å². The van der Waals surface area contributed by atoms with Gasteiger partial charge in [0.2, 0.25) is 0 Å². The number of benzene rings is 2. The van der Waals surface area contributed by atoms with Crippen LogP contribution in [0.25, 0.3) is 0 Å². The largest absolute Gasteiger partial charge is 0.316 e. The van der Waals surface area contributed by atoms with E-state index in [0.717, 1.165) is 29.2 Å². The Balaban J connectivity index is 2.26. The van der Waals surface area contributed by atoms with Crippen LogP contribution in [0.4, 0.5) is 8.78 Å². The van der Waals surface area contributed by atoms with Crippen molar-refractivity contribution in [2.45, 2.75) is 19.3 Å². The third kappa shape index (κ3) is 4.61. The molecule has 0 aliphatic heterocycles. The van der Waals surface area contributed by atoms with Crippen LogP contribution in [-0.4, -0.2) is 13.1 Å². The van der Waals surface area contributed by atoms with Gasteiger partial charge in [0.15, 0.2) is 0 Å². The number of hydrogen-bond donors (Lipinski definition) is 1. The van der Waals surface area contributed by atoms with E-state index < -0.39 is 11.6 Å². The number of rotatable bonds is 6. The van der Waals surface area contributed by atoms with Gasteiger partial charge in [0.05, 0.1) is 0 Å². The summed E-state index contributed by atoms with van der Waals surface area (Å²) in [6.07, 6.45) is 0.588. The summed E-state index contributed by atoms with van der Waals surface area (Å²) in [7, 11) is 0. The maximum atomic E-state index is 13.3. The lowest BCUT2D eigenvalue weighted by Crippen LogP contribution is -2.23. The molecule has 0 bridgehead atoms. The standard InChI is InChI=1S/C17H18BrF2N/c1-2-21-11-13(16-5-3-4-6-17(16)18)7-12-8-14(19)10-15(20)9-12/h3-6,8-10,13,21H,2,7,11H2,1H3. The zero-order chi connectivity index (χ0) is 15.2. The Morgan fingerprint density at radius 1 is 1.10 bits per heavy atom. The summed E-state index contributed by atoms with van der Waals surface area (Å²) in [5.41, 5.74) is 1.81. The molecule has 0 aromatic heterocycles. The average Bonchev–Trinajstić information content (AvgIpc) is 2.43. The summed E-state index contributed by atoms with van der Waals surface area (Å²) >= 11 is 3.56. The Morgan fingerprint density at radius 3 is 2.38 bits per heavy atom. The van der Waals surface area contributed by atoms with Gasteiger partial charge in [0.1, 0.15) is 11.6 Å². The van der Waals surface area contributed by atoms with Gasteiger partial charge in [-0.1, -0.05) is 41.1 Å². The minimum Gasteiger partial charge on any atom is -0.316 e. The van der Waals surface area contributed by atoms with E-state index in [0.29, 0.717) is 12.0 Å². The molecule has 1 atom stereocenters. The van der Waals surface area contributed by atoms with E-state index >= 15 is 0 Å². The van der Waals surface area contributed by atoms with E-state index in [2.05, 4.69) is 21.2 Å². The molecule has 1 N–H and O–H groups in total. The minimum absolute atomic E-state index is 0.154. The quantitative estimate of drug-likeness (QED) is 0.795. The van der Waals surface area contributed by atoms with Crippen molar-refractivity contribution in [1.82, 2.24) is 5.32 Å². The van der Waals surface area contributed by atoms with E-state index in [4.69, 9.17) is 0 Å². The molecule has 0 amide bonds. The van der Waals surface area contributed by atoms with Crippen molar-refractivity contribution in [3.8, 4) is 0 Å². The first-order chi connectivity index (χ1) is 10.1. The van der Waals surface area contributed by atoms with E-state index in [1.807, 2.05) is 31.2 Å². The predicted molar refractivity (Wildman–Crippen MR) is 85.5 cm³/mol. The van der Waals surface area contributed by atoms with Gasteiger partial charge in [0.25, 0.3) is 0 Å². The number of halogens is 3. The Hall–Kier alpha value is -1.26. The van der Waals surface area contributed by atoms with Crippen molar-refractivity contribution in [3.63, 3.8) is 0 Å². The Morgan fingerprint density at radius 2 is 1.76 bits per heavy atom. The van der Waals surface area contributed by atoms with Gasteiger partial charge in [-0.2, -0.15) is 0 Å². The van der Waals surface area contributed by atoms with Crippen LogP contribution in [-0.2, 0) is 6.42 Å².